The van der Waals surface area contributed by atoms with Crippen LogP contribution in [0.3, 0.4) is 0 Å². The number of amides is 1. The van der Waals surface area contributed by atoms with Crippen molar-refractivity contribution in [2.45, 2.75) is 12.5 Å². The van der Waals surface area contributed by atoms with Gasteiger partial charge in [0.2, 0.25) is 0 Å². The number of benzene rings is 1. The third-order valence-electron chi connectivity index (χ3n) is 3.17. The highest BCUT2D eigenvalue weighted by molar-refractivity contribution is 7.91. The minimum absolute atomic E-state index is 0.0104. The maximum absolute atomic E-state index is 12.7. The van der Waals surface area contributed by atoms with E-state index in [1.165, 1.54) is 29.2 Å². The van der Waals surface area contributed by atoms with Crippen molar-refractivity contribution in [1.29, 1.82) is 0 Å². The SMILES string of the molecule is CN(C(=O)c1ccc(F)cc1)[C@@H]1CCS(=O)(=O)C1. The summed E-state index contributed by atoms with van der Waals surface area (Å²) in [7, 11) is -1.44. The molecular formula is C12H14FNO3S. The number of halogens is 1. The summed E-state index contributed by atoms with van der Waals surface area (Å²) in [6.07, 6.45) is 0.464. The smallest absolute Gasteiger partial charge is 0.253 e. The van der Waals surface area contributed by atoms with Gasteiger partial charge >= 0.3 is 0 Å². The summed E-state index contributed by atoms with van der Waals surface area (Å²) in [6.45, 7) is 0. The van der Waals surface area contributed by atoms with E-state index in [2.05, 4.69) is 0 Å². The van der Waals surface area contributed by atoms with Gasteiger partial charge in [0.25, 0.3) is 5.91 Å². The van der Waals surface area contributed by atoms with E-state index in [1.807, 2.05) is 0 Å². The molecule has 98 valence electrons. The van der Waals surface area contributed by atoms with Gasteiger partial charge in [0.1, 0.15) is 5.82 Å². The highest BCUT2D eigenvalue weighted by Crippen LogP contribution is 2.18. The first-order valence-corrected chi connectivity index (χ1v) is 7.44. The van der Waals surface area contributed by atoms with Crippen molar-refractivity contribution in [2.75, 3.05) is 18.6 Å². The van der Waals surface area contributed by atoms with Crippen LogP contribution in [0.5, 0.6) is 0 Å². The summed E-state index contributed by atoms with van der Waals surface area (Å²) >= 11 is 0. The molecule has 1 aromatic carbocycles. The molecule has 0 radical (unpaired) electrons. The van der Waals surface area contributed by atoms with Crippen LogP contribution in [-0.2, 0) is 9.84 Å². The lowest BCUT2D eigenvalue weighted by Gasteiger charge is -2.23. The fourth-order valence-electron chi connectivity index (χ4n) is 2.04. The lowest BCUT2D eigenvalue weighted by atomic mass is 10.1. The number of carbonyl (C=O) groups is 1. The van der Waals surface area contributed by atoms with Crippen LogP contribution >= 0.6 is 0 Å². The second kappa shape index (κ2) is 4.68. The van der Waals surface area contributed by atoms with Crippen molar-refractivity contribution in [3.05, 3.63) is 35.6 Å². The van der Waals surface area contributed by atoms with E-state index < -0.39 is 15.7 Å². The predicted octanol–water partition coefficient (Wildman–Crippen LogP) is 1.08. The first-order valence-electron chi connectivity index (χ1n) is 5.62. The number of nitrogens with zero attached hydrogens (tertiary/aromatic N) is 1. The van der Waals surface area contributed by atoms with Crippen LogP contribution in [0.1, 0.15) is 16.8 Å². The summed E-state index contributed by atoms with van der Waals surface area (Å²) in [6, 6.07) is 4.95. The summed E-state index contributed by atoms with van der Waals surface area (Å²) in [5, 5.41) is 0. The first kappa shape index (κ1) is 13.0. The maximum atomic E-state index is 12.7. The van der Waals surface area contributed by atoms with Crippen LogP contribution in [0.25, 0.3) is 0 Å². The number of carbonyl (C=O) groups excluding carboxylic acids is 1. The van der Waals surface area contributed by atoms with Crippen molar-refractivity contribution in [3.8, 4) is 0 Å². The Morgan fingerprint density at radius 1 is 1.33 bits per heavy atom. The molecule has 1 atom stereocenters. The minimum atomic E-state index is -3.02. The Bertz CT molecular complexity index is 553. The van der Waals surface area contributed by atoms with Crippen LogP contribution in [-0.4, -0.2) is 43.8 Å². The highest BCUT2D eigenvalue weighted by Gasteiger charge is 2.32. The van der Waals surface area contributed by atoms with E-state index in [-0.39, 0.29) is 23.5 Å². The van der Waals surface area contributed by atoms with Gasteiger partial charge in [0.15, 0.2) is 9.84 Å². The molecule has 0 unspecified atom stereocenters. The third kappa shape index (κ3) is 2.69. The first-order chi connectivity index (χ1) is 8.39. The predicted molar refractivity (Wildman–Crippen MR) is 65.6 cm³/mol. The fourth-order valence-corrected chi connectivity index (χ4v) is 3.82. The maximum Gasteiger partial charge on any atom is 0.253 e. The standard InChI is InChI=1S/C12H14FNO3S/c1-14(11-6-7-18(16,17)8-11)12(15)9-2-4-10(13)5-3-9/h2-5,11H,6-8H2,1H3/t11-/m1/s1. The molecule has 1 aliphatic heterocycles. The molecule has 1 aliphatic rings. The van der Waals surface area contributed by atoms with Crippen LogP contribution in [0.4, 0.5) is 4.39 Å². The van der Waals surface area contributed by atoms with Gasteiger partial charge in [-0.3, -0.25) is 4.79 Å². The highest BCUT2D eigenvalue weighted by atomic mass is 32.2. The van der Waals surface area contributed by atoms with E-state index >= 15 is 0 Å². The van der Waals surface area contributed by atoms with Gasteiger partial charge in [0.05, 0.1) is 11.5 Å². The lowest BCUT2D eigenvalue weighted by molar-refractivity contribution is 0.0747. The van der Waals surface area contributed by atoms with Gasteiger partial charge in [-0.15, -0.1) is 0 Å². The fraction of sp³-hybridized carbons (Fsp3) is 0.417. The molecule has 1 aromatic rings. The van der Waals surface area contributed by atoms with Gasteiger partial charge in [0, 0.05) is 18.7 Å². The Labute approximate surface area is 105 Å². The van der Waals surface area contributed by atoms with Gasteiger partial charge < -0.3 is 4.90 Å². The molecule has 6 heteroatoms. The molecule has 0 aromatic heterocycles. The molecule has 2 rings (SSSR count). The second-order valence-electron chi connectivity index (χ2n) is 4.48. The van der Waals surface area contributed by atoms with Crippen LogP contribution in [0, 0.1) is 5.82 Å². The molecule has 1 saturated heterocycles. The molecule has 18 heavy (non-hydrogen) atoms. The number of hydrogen-bond donors (Lipinski definition) is 0. The lowest BCUT2D eigenvalue weighted by Crippen LogP contribution is -2.37. The number of sulfone groups is 1. The van der Waals surface area contributed by atoms with Crippen molar-refractivity contribution >= 4 is 15.7 Å². The van der Waals surface area contributed by atoms with E-state index in [0.717, 1.165) is 0 Å². The molecule has 0 aliphatic carbocycles. The van der Waals surface area contributed by atoms with Crippen LogP contribution in [0.15, 0.2) is 24.3 Å². The zero-order chi connectivity index (χ0) is 13.3. The second-order valence-corrected chi connectivity index (χ2v) is 6.71. The van der Waals surface area contributed by atoms with Crippen molar-refractivity contribution < 1.29 is 17.6 Å². The van der Waals surface area contributed by atoms with Crippen LogP contribution < -0.4 is 0 Å². The van der Waals surface area contributed by atoms with Crippen molar-refractivity contribution in [1.82, 2.24) is 4.90 Å². The Hall–Kier alpha value is -1.43. The summed E-state index contributed by atoms with van der Waals surface area (Å²) < 4.78 is 35.5. The molecule has 1 fully saturated rings. The Kier molecular flexibility index (Phi) is 3.38. The Morgan fingerprint density at radius 2 is 1.94 bits per heavy atom. The molecular weight excluding hydrogens is 257 g/mol. The molecule has 0 N–H and O–H groups in total. The summed E-state index contributed by atoms with van der Waals surface area (Å²) in [5.74, 6) is -0.551. The van der Waals surface area contributed by atoms with E-state index in [0.29, 0.717) is 12.0 Å². The van der Waals surface area contributed by atoms with Crippen molar-refractivity contribution in [2.24, 2.45) is 0 Å². The average molecular weight is 271 g/mol. The normalized spacial score (nSPS) is 21.8. The molecule has 0 saturated carbocycles. The zero-order valence-electron chi connectivity index (χ0n) is 9.97. The van der Waals surface area contributed by atoms with Gasteiger partial charge in [-0.05, 0) is 30.7 Å². The van der Waals surface area contributed by atoms with Gasteiger partial charge in [-0.1, -0.05) is 0 Å². The zero-order valence-corrected chi connectivity index (χ0v) is 10.8. The Balaban J connectivity index is 2.12. The van der Waals surface area contributed by atoms with E-state index in [1.54, 1.807) is 7.05 Å². The van der Waals surface area contributed by atoms with E-state index in [4.69, 9.17) is 0 Å². The number of rotatable bonds is 2. The molecule has 0 bridgehead atoms. The number of hydrogen-bond acceptors (Lipinski definition) is 3. The average Bonchev–Trinajstić information content (AvgIpc) is 2.69. The summed E-state index contributed by atoms with van der Waals surface area (Å²) in [4.78, 5) is 13.5. The molecule has 0 spiro atoms. The van der Waals surface area contributed by atoms with E-state index in [9.17, 15) is 17.6 Å². The summed E-state index contributed by atoms with van der Waals surface area (Å²) in [5.41, 5.74) is 0.364. The Morgan fingerprint density at radius 3 is 2.44 bits per heavy atom. The molecule has 1 heterocycles. The topological polar surface area (TPSA) is 54.5 Å². The quantitative estimate of drug-likeness (QED) is 0.809. The monoisotopic (exact) mass is 271 g/mol. The van der Waals surface area contributed by atoms with Gasteiger partial charge in [-0.2, -0.15) is 0 Å². The minimum Gasteiger partial charge on any atom is -0.338 e. The van der Waals surface area contributed by atoms with Crippen molar-refractivity contribution in [3.63, 3.8) is 0 Å². The van der Waals surface area contributed by atoms with Gasteiger partial charge in [-0.25, -0.2) is 12.8 Å². The third-order valence-corrected chi connectivity index (χ3v) is 4.92. The molecule has 1 amide bonds. The molecule has 4 nitrogen and oxygen atoms in total. The largest absolute Gasteiger partial charge is 0.338 e. The van der Waals surface area contributed by atoms with Crippen LogP contribution in [0.2, 0.25) is 0 Å².